The third-order valence-corrected chi connectivity index (χ3v) is 3.66. The number of amides is 2. The zero-order valence-corrected chi connectivity index (χ0v) is 10.4. The van der Waals surface area contributed by atoms with E-state index in [1.165, 1.54) is 11.3 Å². The molecule has 1 aromatic rings. The molecule has 1 saturated carbocycles. The largest absolute Gasteiger partial charge is 0.388 e. The molecule has 1 heterocycles. The molecule has 1 fully saturated rings. The first-order valence-electron chi connectivity index (χ1n) is 5.79. The second-order valence-corrected chi connectivity index (χ2v) is 5.17. The summed E-state index contributed by atoms with van der Waals surface area (Å²) in [5, 5.41) is 17.3. The van der Waals surface area contributed by atoms with E-state index in [0.717, 1.165) is 31.4 Å². The number of thiazole rings is 1. The van der Waals surface area contributed by atoms with Crippen LogP contribution in [0.3, 0.4) is 0 Å². The Hall–Kier alpha value is -1.14. The molecule has 1 aromatic heterocycles. The van der Waals surface area contributed by atoms with Gasteiger partial charge in [0, 0.05) is 11.9 Å². The van der Waals surface area contributed by atoms with Crippen LogP contribution < -0.4 is 10.6 Å². The number of carbonyl (C=O) groups is 1. The van der Waals surface area contributed by atoms with Crippen LogP contribution in [0.2, 0.25) is 0 Å². The Labute approximate surface area is 104 Å². The fourth-order valence-corrected chi connectivity index (χ4v) is 2.57. The highest BCUT2D eigenvalue weighted by Crippen LogP contribution is 2.28. The van der Waals surface area contributed by atoms with Crippen molar-refractivity contribution in [3.8, 4) is 0 Å². The zero-order valence-electron chi connectivity index (χ0n) is 9.61. The Balaban J connectivity index is 1.67. The molecule has 0 aliphatic heterocycles. The van der Waals surface area contributed by atoms with Gasteiger partial charge >= 0.3 is 6.03 Å². The number of urea groups is 1. The van der Waals surface area contributed by atoms with Gasteiger partial charge in [0.15, 0.2) is 0 Å². The van der Waals surface area contributed by atoms with E-state index in [0.29, 0.717) is 13.1 Å². The molecule has 0 spiro atoms. The van der Waals surface area contributed by atoms with E-state index >= 15 is 0 Å². The van der Waals surface area contributed by atoms with Gasteiger partial charge in [-0.05, 0) is 12.8 Å². The van der Waals surface area contributed by atoms with Crippen molar-refractivity contribution in [3.05, 3.63) is 16.6 Å². The molecule has 2 amide bonds. The van der Waals surface area contributed by atoms with Crippen LogP contribution in [0.25, 0.3) is 0 Å². The highest BCUT2D eigenvalue weighted by molar-refractivity contribution is 7.07. The topological polar surface area (TPSA) is 74.2 Å². The van der Waals surface area contributed by atoms with Crippen molar-refractivity contribution in [1.29, 1.82) is 0 Å². The summed E-state index contributed by atoms with van der Waals surface area (Å²) in [5.74, 6) is 0. The molecule has 0 radical (unpaired) electrons. The van der Waals surface area contributed by atoms with E-state index < -0.39 is 5.60 Å². The molecule has 2 rings (SSSR count). The van der Waals surface area contributed by atoms with Gasteiger partial charge in [0.05, 0.1) is 23.4 Å². The van der Waals surface area contributed by atoms with Crippen LogP contribution in [0.4, 0.5) is 4.79 Å². The van der Waals surface area contributed by atoms with Gasteiger partial charge in [-0.2, -0.15) is 0 Å². The van der Waals surface area contributed by atoms with E-state index in [1.54, 1.807) is 5.51 Å². The lowest BCUT2D eigenvalue weighted by Gasteiger charge is -2.22. The molecule has 0 saturated heterocycles. The van der Waals surface area contributed by atoms with Crippen molar-refractivity contribution >= 4 is 17.4 Å². The third kappa shape index (κ3) is 3.67. The monoisotopic (exact) mass is 255 g/mol. The quantitative estimate of drug-likeness (QED) is 0.758. The molecule has 0 atom stereocenters. The molecule has 6 heteroatoms. The second kappa shape index (κ2) is 5.46. The Kier molecular flexibility index (Phi) is 3.96. The normalized spacial score (nSPS) is 17.9. The minimum absolute atomic E-state index is 0.252. The van der Waals surface area contributed by atoms with Gasteiger partial charge in [-0.15, -0.1) is 11.3 Å². The highest BCUT2D eigenvalue weighted by atomic mass is 32.1. The summed E-state index contributed by atoms with van der Waals surface area (Å²) < 4.78 is 0. The molecule has 3 N–H and O–H groups in total. The molecular weight excluding hydrogens is 238 g/mol. The van der Waals surface area contributed by atoms with E-state index in [-0.39, 0.29) is 6.03 Å². The van der Waals surface area contributed by atoms with E-state index in [1.807, 2.05) is 5.38 Å². The van der Waals surface area contributed by atoms with Gasteiger partial charge in [0.2, 0.25) is 0 Å². The first kappa shape index (κ1) is 12.3. The number of aromatic nitrogens is 1. The molecular formula is C11H17N3O2S. The molecule has 0 aromatic carbocycles. The van der Waals surface area contributed by atoms with Gasteiger partial charge in [-0.25, -0.2) is 9.78 Å². The van der Waals surface area contributed by atoms with Gasteiger partial charge < -0.3 is 15.7 Å². The summed E-state index contributed by atoms with van der Waals surface area (Å²) in [6, 6.07) is -0.252. The van der Waals surface area contributed by atoms with Gasteiger partial charge in [-0.3, -0.25) is 0 Å². The van der Waals surface area contributed by atoms with Crippen LogP contribution in [0.5, 0.6) is 0 Å². The number of aliphatic hydroxyl groups is 1. The van der Waals surface area contributed by atoms with Crippen LogP contribution >= 0.6 is 11.3 Å². The number of hydrogen-bond acceptors (Lipinski definition) is 4. The van der Waals surface area contributed by atoms with Crippen molar-refractivity contribution in [2.24, 2.45) is 0 Å². The standard InChI is InChI=1S/C11H17N3O2S/c15-10(12-5-9-6-17-8-14-9)13-7-11(16)3-1-2-4-11/h6,8,16H,1-5,7H2,(H2,12,13,15). The van der Waals surface area contributed by atoms with Crippen molar-refractivity contribution < 1.29 is 9.90 Å². The maximum absolute atomic E-state index is 11.5. The zero-order chi connectivity index (χ0) is 12.1. The van der Waals surface area contributed by atoms with Gasteiger partial charge in [0.1, 0.15) is 0 Å². The molecule has 5 nitrogen and oxygen atoms in total. The second-order valence-electron chi connectivity index (χ2n) is 4.45. The number of carbonyl (C=O) groups excluding carboxylic acids is 1. The Morgan fingerprint density at radius 2 is 2.24 bits per heavy atom. The van der Waals surface area contributed by atoms with E-state index in [4.69, 9.17) is 0 Å². The summed E-state index contributed by atoms with van der Waals surface area (Å²) in [4.78, 5) is 15.5. The molecule has 17 heavy (non-hydrogen) atoms. The number of nitrogens with zero attached hydrogens (tertiary/aromatic N) is 1. The van der Waals surface area contributed by atoms with Crippen LogP contribution in [0.15, 0.2) is 10.9 Å². The lowest BCUT2D eigenvalue weighted by Crippen LogP contribution is -2.44. The van der Waals surface area contributed by atoms with Crippen LogP contribution in [0, 0.1) is 0 Å². The first-order valence-corrected chi connectivity index (χ1v) is 6.73. The number of hydrogen-bond donors (Lipinski definition) is 3. The minimum atomic E-state index is -0.696. The minimum Gasteiger partial charge on any atom is -0.388 e. The average Bonchev–Trinajstić information content (AvgIpc) is 2.95. The van der Waals surface area contributed by atoms with Crippen molar-refractivity contribution in [2.45, 2.75) is 37.8 Å². The summed E-state index contributed by atoms with van der Waals surface area (Å²) in [5.41, 5.74) is 1.89. The van der Waals surface area contributed by atoms with Gasteiger partial charge in [0.25, 0.3) is 0 Å². The number of nitrogens with one attached hydrogen (secondary N) is 2. The Morgan fingerprint density at radius 1 is 1.47 bits per heavy atom. The van der Waals surface area contributed by atoms with Gasteiger partial charge in [-0.1, -0.05) is 12.8 Å². The maximum Gasteiger partial charge on any atom is 0.315 e. The summed E-state index contributed by atoms with van der Waals surface area (Å²) in [6.07, 6.45) is 3.63. The lowest BCUT2D eigenvalue weighted by molar-refractivity contribution is 0.0501. The Morgan fingerprint density at radius 3 is 2.88 bits per heavy atom. The predicted molar refractivity (Wildman–Crippen MR) is 65.8 cm³/mol. The molecule has 1 aliphatic rings. The van der Waals surface area contributed by atoms with Crippen molar-refractivity contribution in [3.63, 3.8) is 0 Å². The lowest BCUT2D eigenvalue weighted by atomic mass is 10.0. The average molecular weight is 255 g/mol. The summed E-state index contributed by atoms with van der Waals surface area (Å²) in [6.45, 7) is 0.754. The highest BCUT2D eigenvalue weighted by Gasteiger charge is 2.31. The van der Waals surface area contributed by atoms with E-state index in [9.17, 15) is 9.90 Å². The fourth-order valence-electron chi connectivity index (χ4n) is 2.01. The number of rotatable bonds is 4. The SMILES string of the molecule is O=C(NCc1cscn1)NCC1(O)CCCC1. The van der Waals surface area contributed by atoms with Crippen molar-refractivity contribution in [2.75, 3.05) is 6.54 Å². The molecule has 0 bridgehead atoms. The molecule has 1 aliphatic carbocycles. The molecule has 0 unspecified atom stereocenters. The van der Waals surface area contributed by atoms with Crippen molar-refractivity contribution in [1.82, 2.24) is 15.6 Å². The summed E-state index contributed by atoms with van der Waals surface area (Å²) >= 11 is 1.50. The predicted octanol–water partition coefficient (Wildman–Crippen LogP) is 1.25. The first-order chi connectivity index (χ1) is 8.18. The van der Waals surface area contributed by atoms with E-state index in [2.05, 4.69) is 15.6 Å². The van der Waals surface area contributed by atoms with Crippen LogP contribution in [-0.4, -0.2) is 28.3 Å². The Bertz CT molecular complexity index is 361. The smallest absolute Gasteiger partial charge is 0.315 e. The summed E-state index contributed by atoms with van der Waals surface area (Å²) in [7, 11) is 0. The molecule has 94 valence electrons. The maximum atomic E-state index is 11.5. The van der Waals surface area contributed by atoms with Crippen LogP contribution in [-0.2, 0) is 6.54 Å². The third-order valence-electron chi connectivity index (χ3n) is 3.03. The fraction of sp³-hybridized carbons (Fsp3) is 0.636. The van der Waals surface area contributed by atoms with Crippen LogP contribution in [0.1, 0.15) is 31.4 Å².